The Morgan fingerprint density at radius 1 is 1.03 bits per heavy atom. The number of carbonyl (C=O) groups is 1. The second-order valence-corrected chi connectivity index (χ2v) is 6.79. The Hall–Kier alpha value is -3.65. The number of ether oxygens (including phenoxy) is 3. The number of nitro benzene ring substituents is 2. The van der Waals surface area contributed by atoms with Crippen molar-refractivity contribution in [1.29, 1.82) is 0 Å². The number of hydrogen-bond acceptors (Lipinski definition) is 10. The first kappa shape index (κ1) is 23.0. The van der Waals surface area contributed by atoms with Gasteiger partial charge in [-0.15, -0.1) is 0 Å². The van der Waals surface area contributed by atoms with Crippen LogP contribution in [0.1, 0.15) is 5.56 Å². The van der Waals surface area contributed by atoms with E-state index < -0.39 is 63.6 Å². The number of nitrogens with zero attached hydrogens (tertiary/aromatic N) is 2. The predicted molar refractivity (Wildman–Crippen MR) is 104 cm³/mol. The lowest BCUT2D eigenvalue weighted by Gasteiger charge is -2.40. The number of rotatable bonds is 8. The molecule has 0 unspecified atom stereocenters. The number of nitro groups is 2. The fourth-order valence-corrected chi connectivity index (χ4v) is 3.07. The second-order valence-electron chi connectivity index (χ2n) is 6.79. The maximum Gasteiger partial charge on any atom is 0.336 e. The van der Waals surface area contributed by atoms with Crippen molar-refractivity contribution in [2.24, 2.45) is 0 Å². The number of non-ortho nitro benzene ring substituents is 1. The van der Waals surface area contributed by atoms with Crippen LogP contribution in [0.4, 0.5) is 11.4 Å². The number of carboxylic acid groups (broad SMARTS) is 1. The van der Waals surface area contributed by atoms with Crippen molar-refractivity contribution >= 4 is 17.3 Å². The van der Waals surface area contributed by atoms with Gasteiger partial charge in [0.05, 0.1) is 22.5 Å². The lowest BCUT2D eigenvalue weighted by atomic mass is 9.98. The third-order valence-electron chi connectivity index (χ3n) is 4.66. The van der Waals surface area contributed by atoms with Gasteiger partial charge >= 0.3 is 11.7 Å². The number of aliphatic hydroxyl groups excluding tert-OH is 2. The van der Waals surface area contributed by atoms with Crippen LogP contribution in [-0.4, -0.2) is 61.8 Å². The van der Waals surface area contributed by atoms with Gasteiger partial charge in [0.2, 0.25) is 0 Å². The number of aliphatic carboxylic acids is 1. The molecule has 0 aliphatic carbocycles. The molecule has 170 valence electrons. The Bertz CT molecular complexity index is 1000. The topological polar surface area (TPSA) is 192 Å². The zero-order chi connectivity index (χ0) is 23.4. The fourth-order valence-electron chi connectivity index (χ4n) is 3.07. The molecule has 1 fully saturated rings. The summed E-state index contributed by atoms with van der Waals surface area (Å²) in [6.45, 7) is -0.0546. The van der Waals surface area contributed by atoms with Crippen molar-refractivity contribution in [3.63, 3.8) is 0 Å². The quantitative estimate of drug-likeness (QED) is 0.384. The van der Waals surface area contributed by atoms with Crippen molar-refractivity contribution in [1.82, 2.24) is 0 Å². The van der Waals surface area contributed by atoms with Gasteiger partial charge in [0, 0.05) is 6.07 Å². The van der Waals surface area contributed by atoms with Gasteiger partial charge in [-0.3, -0.25) is 20.2 Å². The summed E-state index contributed by atoms with van der Waals surface area (Å²) in [5.41, 5.74) is -0.717. The molecule has 2 aromatic carbocycles. The molecular formula is C19H18N2O11. The molecule has 1 heterocycles. The molecule has 3 N–H and O–H groups in total. The molecule has 0 radical (unpaired) electrons. The zero-order valence-electron chi connectivity index (χ0n) is 16.2. The van der Waals surface area contributed by atoms with E-state index in [9.17, 15) is 40.3 Å². The van der Waals surface area contributed by atoms with Crippen LogP contribution in [0, 0.1) is 20.2 Å². The molecule has 0 aromatic heterocycles. The van der Waals surface area contributed by atoms with Gasteiger partial charge in [-0.25, -0.2) is 4.79 Å². The van der Waals surface area contributed by atoms with E-state index in [0.717, 1.165) is 12.1 Å². The number of benzene rings is 2. The zero-order valence-corrected chi connectivity index (χ0v) is 16.2. The first-order chi connectivity index (χ1) is 15.2. The molecule has 3 rings (SSSR count). The molecule has 1 saturated heterocycles. The summed E-state index contributed by atoms with van der Waals surface area (Å²) >= 11 is 0. The fraction of sp³-hybridized carbons (Fsp3) is 0.316. The number of carboxylic acids is 1. The monoisotopic (exact) mass is 450 g/mol. The number of hydrogen-bond donors (Lipinski definition) is 3. The molecule has 13 heteroatoms. The first-order valence-electron chi connectivity index (χ1n) is 9.18. The molecule has 0 saturated carbocycles. The standard InChI is InChI=1S/C19H18N2O11/c22-14-15(23)19(30-9-10-4-2-1-3-5-10)32-17(18(24)25)16(14)31-13-7-6-11(20(26)27)8-12(13)21(28)29/h1-8,14-17,19,22-23H,9H2,(H,24,25)/t14-,15-,16+,17+,19-/m1/s1. The van der Waals surface area contributed by atoms with E-state index in [2.05, 4.69) is 0 Å². The molecule has 0 spiro atoms. The molecule has 32 heavy (non-hydrogen) atoms. The Kier molecular flexibility index (Phi) is 6.95. The van der Waals surface area contributed by atoms with Crippen molar-refractivity contribution in [3.8, 4) is 5.75 Å². The van der Waals surface area contributed by atoms with Gasteiger partial charge in [0.15, 0.2) is 24.2 Å². The van der Waals surface area contributed by atoms with Gasteiger partial charge in [-0.2, -0.15) is 0 Å². The van der Waals surface area contributed by atoms with E-state index in [-0.39, 0.29) is 6.61 Å². The minimum atomic E-state index is -1.87. The smallest absolute Gasteiger partial charge is 0.336 e. The minimum Gasteiger partial charge on any atom is -0.479 e. The summed E-state index contributed by atoms with van der Waals surface area (Å²) in [5.74, 6) is -2.13. The summed E-state index contributed by atoms with van der Waals surface area (Å²) < 4.78 is 16.0. The van der Waals surface area contributed by atoms with E-state index in [1.165, 1.54) is 0 Å². The molecule has 0 amide bonds. The van der Waals surface area contributed by atoms with Crippen molar-refractivity contribution < 1.29 is 44.2 Å². The van der Waals surface area contributed by atoms with Crippen molar-refractivity contribution in [2.45, 2.75) is 37.3 Å². The highest BCUT2D eigenvalue weighted by Crippen LogP contribution is 2.34. The maximum absolute atomic E-state index is 11.7. The Morgan fingerprint density at radius 3 is 2.31 bits per heavy atom. The van der Waals surface area contributed by atoms with Crippen molar-refractivity contribution in [3.05, 3.63) is 74.3 Å². The molecule has 1 aliphatic rings. The van der Waals surface area contributed by atoms with E-state index in [1.807, 2.05) is 0 Å². The van der Waals surface area contributed by atoms with Crippen LogP contribution in [0.5, 0.6) is 5.75 Å². The Labute approximate surface area is 179 Å². The summed E-state index contributed by atoms with van der Waals surface area (Å²) in [7, 11) is 0. The van der Waals surface area contributed by atoms with Crippen LogP contribution < -0.4 is 4.74 Å². The van der Waals surface area contributed by atoms with Crippen LogP contribution in [0.15, 0.2) is 48.5 Å². The van der Waals surface area contributed by atoms with Gasteiger partial charge in [0.1, 0.15) is 12.2 Å². The lowest BCUT2D eigenvalue weighted by Crippen LogP contribution is -2.62. The Morgan fingerprint density at radius 2 is 1.72 bits per heavy atom. The van der Waals surface area contributed by atoms with Crippen LogP contribution >= 0.6 is 0 Å². The average Bonchev–Trinajstić information content (AvgIpc) is 2.76. The predicted octanol–water partition coefficient (Wildman–Crippen LogP) is 0.998. The van der Waals surface area contributed by atoms with E-state index in [1.54, 1.807) is 30.3 Å². The summed E-state index contributed by atoms with van der Waals surface area (Å²) in [4.78, 5) is 32.1. The molecule has 0 bridgehead atoms. The maximum atomic E-state index is 11.7. The average molecular weight is 450 g/mol. The van der Waals surface area contributed by atoms with E-state index in [4.69, 9.17) is 14.2 Å². The minimum absolute atomic E-state index is 0.0546. The Balaban J connectivity index is 1.82. The first-order valence-corrected chi connectivity index (χ1v) is 9.18. The van der Waals surface area contributed by atoms with E-state index >= 15 is 0 Å². The van der Waals surface area contributed by atoms with Crippen LogP contribution in [0.25, 0.3) is 0 Å². The van der Waals surface area contributed by atoms with Crippen molar-refractivity contribution in [2.75, 3.05) is 0 Å². The third-order valence-corrected chi connectivity index (χ3v) is 4.66. The third kappa shape index (κ3) is 4.97. The SMILES string of the molecule is O=C(O)[C@H]1O[C@@H](OCc2ccccc2)[C@H](O)[C@@H](O)[C@@H]1Oc1ccc([N+](=O)[O-])cc1[N+](=O)[O-]. The number of aliphatic hydroxyl groups is 2. The highest BCUT2D eigenvalue weighted by atomic mass is 16.7. The van der Waals surface area contributed by atoms with Gasteiger partial charge in [0.25, 0.3) is 5.69 Å². The van der Waals surface area contributed by atoms with Crippen LogP contribution in [0.3, 0.4) is 0 Å². The van der Waals surface area contributed by atoms with E-state index in [0.29, 0.717) is 11.6 Å². The molecule has 13 nitrogen and oxygen atoms in total. The lowest BCUT2D eigenvalue weighted by molar-refractivity contribution is -0.395. The molecule has 5 atom stereocenters. The van der Waals surface area contributed by atoms with Gasteiger partial charge in [-0.05, 0) is 11.6 Å². The van der Waals surface area contributed by atoms with Crippen LogP contribution in [0.2, 0.25) is 0 Å². The molecular weight excluding hydrogens is 432 g/mol. The van der Waals surface area contributed by atoms with Gasteiger partial charge < -0.3 is 29.5 Å². The molecule has 1 aliphatic heterocycles. The second kappa shape index (κ2) is 9.65. The molecule has 2 aromatic rings. The summed E-state index contributed by atoms with van der Waals surface area (Å²) in [5, 5.41) is 52.5. The highest BCUT2D eigenvalue weighted by Gasteiger charge is 2.50. The normalized spacial score (nSPS) is 25.1. The highest BCUT2D eigenvalue weighted by molar-refractivity contribution is 5.73. The van der Waals surface area contributed by atoms with Gasteiger partial charge in [-0.1, -0.05) is 30.3 Å². The van der Waals surface area contributed by atoms with Crippen LogP contribution in [-0.2, 0) is 20.9 Å². The summed E-state index contributed by atoms with van der Waals surface area (Å²) in [6, 6.07) is 11.1. The largest absolute Gasteiger partial charge is 0.479 e. The summed E-state index contributed by atoms with van der Waals surface area (Å²) in [6.07, 6.45) is -8.81.